The van der Waals surface area contributed by atoms with Crippen molar-refractivity contribution in [2.75, 3.05) is 0 Å². The van der Waals surface area contributed by atoms with Crippen LogP contribution in [0.25, 0.3) is 10.9 Å². The lowest BCUT2D eigenvalue weighted by Gasteiger charge is -1.92. The Balaban J connectivity index is 2.61. The first-order chi connectivity index (χ1) is 6.31. The summed E-state index contributed by atoms with van der Waals surface area (Å²) in [4.78, 5) is 13.2. The highest BCUT2D eigenvalue weighted by Gasteiger charge is 2.02. The number of aldehydes is 1. The molecule has 2 nitrogen and oxygen atoms in total. The number of halogens is 1. The minimum absolute atomic E-state index is 0.271. The third-order valence-electron chi connectivity index (χ3n) is 2.03. The van der Waals surface area contributed by atoms with Crippen LogP contribution in [0, 0.1) is 5.82 Å². The highest BCUT2D eigenvalue weighted by Crippen LogP contribution is 2.18. The summed E-state index contributed by atoms with van der Waals surface area (Å²) >= 11 is 0. The van der Waals surface area contributed by atoms with Crippen molar-refractivity contribution >= 4 is 17.2 Å². The fraction of sp³-hybridized carbons (Fsp3) is 0.100. The molecule has 0 saturated carbocycles. The summed E-state index contributed by atoms with van der Waals surface area (Å²) in [6.07, 6.45) is 2.94. The largest absolute Gasteiger partial charge is 0.361 e. The second kappa shape index (κ2) is 3.01. The first-order valence-corrected chi connectivity index (χ1v) is 4.00. The van der Waals surface area contributed by atoms with Crippen LogP contribution >= 0.6 is 0 Å². The lowest BCUT2D eigenvalue weighted by Crippen LogP contribution is -1.82. The van der Waals surface area contributed by atoms with Gasteiger partial charge in [-0.2, -0.15) is 0 Å². The van der Waals surface area contributed by atoms with E-state index < -0.39 is 0 Å². The topological polar surface area (TPSA) is 32.9 Å². The summed E-state index contributed by atoms with van der Waals surface area (Å²) in [5.74, 6) is -0.271. The van der Waals surface area contributed by atoms with Gasteiger partial charge in [-0.3, -0.25) is 0 Å². The Bertz CT molecular complexity index is 447. The Labute approximate surface area is 74.4 Å². The normalized spacial score (nSPS) is 10.5. The third kappa shape index (κ3) is 1.33. The number of H-pyrrole nitrogens is 1. The molecule has 2 aromatic rings. The average molecular weight is 177 g/mol. The van der Waals surface area contributed by atoms with Crippen LogP contribution in [0.4, 0.5) is 4.39 Å². The maximum absolute atomic E-state index is 12.7. The molecule has 1 N–H and O–H groups in total. The van der Waals surface area contributed by atoms with Crippen molar-refractivity contribution in [1.29, 1.82) is 0 Å². The Hall–Kier alpha value is -1.64. The fourth-order valence-corrected chi connectivity index (χ4v) is 1.42. The summed E-state index contributed by atoms with van der Waals surface area (Å²) in [6.45, 7) is 0. The van der Waals surface area contributed by atoms with Gasteiger partial charge in [0.05, 0.1) is 0 Å². The van der Waals surface area contributed by atoms with Crippen LogP contribution in [0.1, 0.15) is 5.56 Å². The van der Waals surface area contributed by atoms with E-state index in [2.05, 4.69) is 4.98 Å². The van der Waals surface area contributed by atoms with E-state index in [1.165, 1.54) is 12.1 Å². The van der Waals surface area contributed by atoms with Crippen molar-refractivity contribution in [2.45, 2.75) is 6.42 Å². The SMILES string of the molecule is O=CCc1c[nH]c2cc(F)ccc12. The summed E-state index contributed by atoms with van der Waals surface area (Å²) in [6, 6.07) is 4.49. The van der Waals surface area contributed by atoms with Crippen molar-refractivity contribution < 1.29 is 9.18 Å². The molecular formula is C10H8FNO. The fourth-order valence-electron chi connectivity index (χ4n) is 1.42. The summed E-state index contributed by atoms with van der Waals surface area (Å²) < 4.78 is 12.7. The van der Waals surface area contributed by atoms with E-state index in [0.29, 0.717) is 6.42 Å². The first-order valence-electron chi connectivity index (χ1n) is 4.00. The minimum Gasteiger partial charge on any atom is -0.361 e. The molecule has 1 heterocycles. The van der Waals surface area contributed by atoms with E-state index in [1.807, 2.05) is 0 Å². The van der Waals surface area contributed by atoms with E-state index in [-0.39, 0.29) is 5.82 Å². The van der Waals surface area contributed by atoms with Crippen LogP contribution in [0.5, 0.6) is 0 Å². The molecule has 13 heavy (non-hydrogen) atoms. The van der Waals surface area contributed by atoms with Crippen molar-refractivity contribution in [1.82, 2.24) is 4.98 Å². The summed E-state index contributed by atoms with van der Waals surface area (Å²) in [7, 11) is 0. The molecule has 0 radical (unpaired) electrons. The van der Waals surface area contributed by atoms with Crippen LogP contribution < -0.4 is 0 Å². The molecule has 0 fully saturated rings. The van der Waals surface area contributed by atoms with Crippen molar-refractivity contribution in [3.63, 3.8) is 0 Å². The molecule has 0 saturated heterocycles. The number of aromatic amines is 1. The Morgan fingerprint density at radius 1 is 1.46 bits per heavy atom. The number of carbonyl (C=O) groups excluding carboxylic acids is 1. The van der Waals surface area contributed by atoms with Crippen LogP contribution in [0.15, 0.2) is 24.4 Å². The number of fused-ring (bicyclic) bond motifs is 1. The second-order valence-electron chi connectivity index (χ2n) is 2.87. The van der Waals surface area contributed by atoms with Gasteiger partial charge in [0.15, 0.2) is 0 Å². The lowest BCUT2D eigenvalue weighted by molar-refractivity contribution is -0.107. The van der Waals surface area contributed by atoms with Gasteiger partial charge in [0.25, 0.3) is 0 Å². The predicted molar refractivity (Wildman–Crippen MR) is 48.0 cm³/mol. The molecule has 2 rings (SSSR count). The molecule has 0 spiro atoms. The Kier molecular flexibility index (Phi) is 1.85. The van der Waals surface area contributed by atoms with Gasteiger partial charge in [-0.1, -0.05) is 0 Å². The van der Waals surface area contributed by atoms with Crippen molar-refractivity contribution in [3.8, 4) is 0 Å². The molecular weight excluding hydrogens is 169 g/mol. The number of hydrogen-bond donors (Lipinski definition) is 1. The van der Waals surface area contributed by atoms with E-state index >= 15 is 0 Å². The number of nitrogens with one attached hydrogen (secondary N) is 1. The van der Waals surface area contributed by atoms with Gasteiger partial charge in [-0.25, -0.2) is 4.39 Å². The molecule has 66 valence electrons. The third-order valence-corrected chi connectivity index (χ3v) is 2.03. The van der Waals surface area contributed by atoms with E-state index in [4.69, 9.17) is 0 Å². The summed E-state index contributed by atoms with van der Waals surface area (Å²) in [5.41, 5.74) is 1.64. The van der Waals surface area contributed by atoms with Crippen molar-refractivity contribution in [3.05, 3.63) is 35.8 Å². The monoisotopic (exact) mass is 177 g/mol. The molecule has 0 bridgehead atoms. The molecule has 0 aliphatic rings. The van der Waals surface area contributed by atoms with Gasteiger partial charge >= 0.3 is 0 Å². The van der Waals surface area contributed by atoms with Gasteiger partial charge < -0.3 is 9.78 Å². The van der Waals surface area contributed by atoms with Crippen LogP contribution in [-0.4, -0.2) is 11.3 Å². The number of benzene rings is 1. The van der Waals surface area contributed by atoms with Gasteiger partial charge in [-0.05, 0) is 23.8 Å². The van der Waals surface area contributed by atoms with Gasteiger partial charge in [0, 0.05) is 23.5 Å². The average Bonchev–Trinajstić information content (AvgIpc) is 2.49. The molecule has 0 aliphatic heterocycles. The number of hydrogen-bond acceptors (Lipinski definition) is 1. The van der Waals surface area contributed by atoms with Crippen molar-refractivity contribution in [2.24, 2.45) is 0 Å². The Morgan fingerprint density at radius 2 is 2.31 bits per heavy atom. The van der Waals surface area contributed by atoms with Crippen LogP contribution in [0.3, 0.4) is 0 Å². The molecule has 0 atom stereocenters. The predicted octanol–water partition coefficient (Wildman–Crippen LogP) is 2.05. The maximum atomic E-state index is 12.7. The molecule has 0 unspecified atom stereocenters. The van der Waals surface area contributed by atoms with Crippen LogP contribution in [-0.2, 0) is 11.2 Å². The summed E-state index contributed by atoms with van der Waals surface area (Å²) in [5, 5.41) is 0.911. The molecule has 0 amide bonds. The quantitative estimate of drug-likeness (QED) is 0.699. The van der Waals surface area contributed by atoms with E-state index in [9.17, 15) is 9.18 Å². The maximum Gasteiger partial charge on any atom is 0.125 e. The van der Waals surface area contributed by atoms with E-state index in [0.717, 1.165) is 22.8 Å². The minimum atomic E-state index is -0.271. The standard InChI is InChI=1S/C10H8FNO/c11-8-1-2-9-7(3-4-13)6-12-10(9)5-8/h1-2,4-6,12H,3H2. The Morgan fingerprint density at radius 3 is 3.08 bits per heavy atom. The zero-order chi connectivity index (χ0) is 9.26. The zero-order valence-corrected chi connectivity index (χ0v) is 6.88. The number of aromatic nitrogens is 1. The highest BCUT2D eigenvalue weighted by molar-refractivity contribution is 5.85. The molecule has 1 aromatic carbocycles. The van der Waals surface area contributed by atoms with Crippen LogP contribution in [0.2, 0.25) is 0 Å². The van der Waals surface area contributed by atoms with Gasteiger partial charge in [-0.15, -0.1) is 0 Å². The molecule has 3 heteroatoms. The second-order valence-corrected chi connectivity index (χ2v) is 2.87. The highest BCUT2D eigenvalue weighted by atomic mass is 19.1. The van der Waals surface area contributed by atoms with Gasteiger partial charge in [0.1, 0.15) is 12.1 Å². The lowest BCUT2D eigenvalue weighted by atomic mass is 10.1. The van der Waals surface area contributed by atoms with E-state index in [1.54, 1.807) is 12.3 Å². The zero-order valence-electron chi connectivity index (χ0n) is 6.88. The number of carbonyl (C=O) groups is 1. The first kappa shape index (κ1) is 7.98. The number of rotatable bonds is 2. The molecule has 1 aromatic heterocycles. The smallest absolute Gasteiger partial charge is 0.125 e. The molecule has 0 aliphatic carbocycles. The van der Waals surface area contributed by atoms with Gasteiger partial charge in [0.2, 0.25) is 0 Å².